The summed E-state index contributed by atoms with van der Waals surface area (Å²) in [7, 11) is 0. The van der Waals surface area contributed by atoms with Crippen molar-refractivity contribution in [3.8, 4) is 11.5 Å². The molecule has 0 heterocycles. The van der Waals surface area contributed by atoms with E-state index >= 15 is 0 Å². The second-order valence-electron chi connectivity index (χ2n) is 6.29. The minimum Gasteiger partial charge on any atom is -0.490 e. The summed E-state index contributed by atoms with van der Waals surface area (Å²) in [5.41, 5.74) is 2.58. The summed E-state index contributed by atoms with van der Waals surface area (Å²) in [5, 5.41) is 5.46. The van der Waals surface area contributed by atoms with E-state index < -0.39 is 0 Å². The average molecular weight is 550 g/mol. The Hall–Kier alpha value is -1.30. The average Bonchev–Trinajstić information content (AvgIpc) is 2.71. The molecule has 0 spiro atoms. The second-order valence-corrected chi connectivity index (χ2v) is 8.78. The van der Waals surface area contributed by atoms with Crippen LogP contribution >= 0.6 is 62.3 Å². The molecule has 0 unspecified atom stereocenters. The summed E-state index contributed by atoms with van der Waals surface area (Å²) in [6.07, 6.45) is 0. The van der Waals surface area contributed by atoms with Crippen LogP contribution in [0.25, 0.3) is 0 Å². The molecule has 3 nitrogen and oxygen atoms in total. The monoisotopic (exact) mass is 547 g/mol. The molecular formula is C22H18BrCl4NO2. The third-order valence-corrected chi connectivity index (χ3v) is 6.43. The molecule has 0 atom stereocenters. The molecule has 0 amide bonds. The van der Waals surface area contributed by atoms with Crippen molar-refractivity contribution in [2.24, 2.45) is 0 Å². The molecule has 30 heavy (non-hydrogen) atoms. The van der Waals surface area contributed by atoms with Gasteiger partial charge in [0.05, 0.1) is 16.7 Å². The van der Waals surface area contributed by atoms with E-state index in [0.29, 0.717) is 44.7 Å². The summed E-state index contributed by atoms with van der Waals surface area (Å²) in [5.74, 6) is 1.23. The number of rotatable bonds is 8. The Morgan fingerprint density at radius 3 is 2.20 bits per heavy atom. The van der Waals surface area contributed by atoms with Crippen LogP contribution in [-0.4, -0.2) is 6.61 Å². The van der Waals surface area contributed by atoms with Crippen molar-refractivity contribution < 1.29 is 9.47 Å². The minimum atomic E-state index is 0.228. The smallest absolute Gasteiger partial charge is 0.162 e. The van der Waals surface area contributed by atoms with Gasteiger partial charge in [-0.05, 0) is 55.0 Å². The first-order chi connectivity index (χ1) is 14.4. The van der Waals surface area contributed by atoms with E-state index in [1.807, 2.05) is 25.1 Å². The first-order valence-corrected chi connectivity index (χ1v) is 11.4. The second kappa shape index (κ2) is 10.8. The lowest BCUT2D eigenvalue weighted by Crippen LogP contribution is -2.04. The summed E-state index contributed by atoms with van der Waals surface area (Å²) >= 11 is 28.2. The Morgan fingerprint density at radius 2 is 1.53 bits per heavy atom. The largest absolute Gasteiger partial charge is 0.490 e. The Bertz CT molecular complexity index is 1030. The molecular weight excluding hydrogens is 532 g/mol. The van der Waals surface area contributed by atoms with Gasteiger partial charge in [-0.1, -0.05) is 68.4 Å². The Morgan fingerprint density at radius 1 is 0.833 bits per heavy atom. The number of anilines is 1. The standard InChI is InChI=1S/C22H18BrCl4NO2/c1-2-29-21-8-13(11-28-14-6-7-19(26)20(27)9-14)16(23)10-22(21)30-12-15-17(24)4-3-5-18(15)25/h3-10,28H,2,11-12H2,1H3. The highest BCUT2D eigenvalue weighted by molar-refractivity contribution is 9.10. The molecule has 1 N–H and O–H groups in total. The number of hydrogen-bond donors (Lipinski definition) is 1. The predicted molar refractivity (Wildman–Crippen MR) is 130 cm³/mol. The Labute approximate surface area is 204 Å². The van der Waals surface area contributed by atoms with Gasteiger partial charge in [0, 0.05) is 32.3 Å². The number of nitrogens with one attached hydrogen (secondary N) is 1. The molecule has 3 aromatic rings. The molecule has 0 aromatic heterocycles. The first-order valence-electron chi connectivity index (χ1n) is 9.09. The van der Waals surface area contributed by atoms with Crippen LogP contribution in [0.4, 0.5) is 5.69 Å². The van der Waals surface area contributed by atoms with Gasteiger partial charge in [0.25, 0.3) is 0 Å². The van der Waals surface area contributed by atoms with Gasteiger partial charge in [-0.2, -0.15) is 0 Å². The Kier molecular flexibility index (Phi) is 8.44. The van der Waals surface area contributed by atoms with E-state index in [4.69, 9.17) is 55.9 Å². The molecule has 0 bridgehead atoms. The fraction of sp³-hybridized carbons (Fsp3) is 0.182. The van der Waals surface area contributed by atoms with E-state index in [-0.39, 0.29) is 6.61 Å². The molecule has 0 fully saturated rings. The van der Waals surface area contributed by atoms with E-state index in [2.05, 4.69) is 21.2 Å². The number of ether oxygens (including phenoxy) is 2. The van der Waals surface area contributed by atoms with Crippen LogP contribution in [0.3, 0.4) is 0 Å². The molecule has 3 aromatic carbocycles. The van der Waals surface area contributed by atoms with Gasteiger partial charge >= 0.3 is 0 Å². The zero-order valence-electron chi connectivity index (χ0n) is 15.9. The fourth-order valence-corrected chi connectivity index (χ4v) is 3.98. The summed E-state index contributed by atoms with van der Waals surface area (Å²) in [6, 6.07) is 14.6. The first kappa shape index (κ1) is 23.4. The summed E-state index contributed by atoms with van der Waals surface area (Å²) in [6.45, 7) is 3.20. The maximum absolute atomic E-state index is 6.24. The van der Waals surface area contributed by atoms with Crippen molar-refractivity contribution in [1.29, 1.82) is 0 Å². The lowest BCUT2D eigenvalue weighted by atomic mass is 10.2. The molecule has 3 rings (SSSR count). The van der Waals surface area contributed by atoms with Crippen LogP contribution in [0.2, 0.25) is 20.1 Å². The van der Waals surface area contributed by atoms with Crippen LogP contribution in [0.15, 0.2) is 53.0 Å². The van der Waals surface area contributed by atoms with Crippen molar-refractivity contribution in [2.75, 3.05) is 11.9 Å². The van der Waals surface area contributed by atoms with Crippen LogP contribution in [0.5, 0.6) is 11.5 Å². The van der Waals surface area contributed by atoms with Crippen molar-refractivity contribution >= 4 is 68.0 Å². The molecule has 158 valence electrons. The van der Waals surface area contributed by atoms with E-state index in [1.54, 1.807) is 30.3 Å². The van der Waals surface area contributed by atoms with Gasteiger partial charge in [0.1, 0.15) is 6.61 Å². The molecule has 0 saturated heterocycles. The van der Waals surface area contributed by atoms with Gasteiger partial charge in [-0.25, -0.2) is 0 Å². The maximum atomic E-state index is 6.24. The van der Waals surface area contributed by atoms with Crippen LogP contribution in [0.1, 0.15) is 18.1 Å². The van der Waals surface area contributed by atoms with Crippen LogP contribution in [-0.2, 0) is 13.2 Å². The van der Waals surface area contributed by atoms with E-state index in [1.165, 1.54) is 0 Å². The number of hydrogen-bond acceptors (Lipinski definition) is 3. The zero-order chi connectivity index (χ0) is 21.7. The minimum absolute atomic E-state index is 0.228. The topological polar surface area (TPSA) is 30.5 Å². The zero-order valence-corrected chi connectivity index (χ0v) is 20.6. The third kappa shape index (κ3) is 5.89. The molecule has 0 radical (unpaired) electrons. The summed E-state index contributed by atoms with van der Waals surface area (Å²) in [4.78, 5) is 0. The van der Waals surface area contributed by atoms with Gasteiger partial charge in [0.15, 0.2) is 11.5 Å². The van der Waals surface area contributed by atoms with Crippen molar-refractivity contribution in [2.45, 2.75) is 20.1 Å². The van der Waals surface area contributed by atoms with Gasteiger partial charge < -0.3 is 14.8 Å². The van der Waals surface area contributed by atoms with E-state index in [0.717, 1.165) is 21.3 Å². The van der Waals surface area contributed by atoms with Gasteiger partial charge in [0.2, 0.25) is 0 Å². The number of halogens is 5. The highest BCUT2D eigenvalue weighted by Crippen LogP contribution is 2.36. The number of benzene rings is 3. The van der Waals surface area contributed by atoms with Crippen LogP contribution < -0.4 is 14.8 Å². The van der Waals surface area contributed by atoms with Gasteiger partial charge in [-0.3, -0.25) is 0 Å². The maximum Gasteiger partial charge on any atom is 0.162 e. The lowest BCUT2D eigenvalue weighted by molar-refractivity contribution is 0.269. The fourth-order valence-electron chi connectivity index (χ4n) is 2.72. The third-order valence-electron chi connectivity index (χ3n) is 4.25. The van der Waals surface area contributed by atoms with E-state index in [9.17, 15) is 0 Å². The molecule has 8 heteroatoms. The molecule has 0 aliphatic carbocycles. The van der Waals surface area contributed by atoms with Gasteiger partial charge in [-0.15, -0.1) is 0 Å². The molecule has 0 aliphatic rings. The van der Waals surface area contributed by atoms with Crippen molar-refractivity contribution in [1.82, 2.24) is 0 Å². The highest BCUT2D eigenvalue weighted by Gasteiger charge is 2.13. The van der Waals surface area contributed by atoms with Crippen molar-refractivity contribution in [3.63, 3.8) is 0 Å². The highest BCUT2D eigenvalue weighted by atomic mass is 79.9. The Balaban J connectivity index is 1.78. The molecule has 0 aliphatic heterocycles. The lowest BCUT2D eigenvalue weighted by Gasteiger charge is -2.16. The predicted octanol–water partition coefficient (Wildman–Crippen LogP) is 8.65. The van der Waals surface area contributed by atoms with Crippen molar-refractivity contribution in [3.05, 3.63) is 84.2 Å². The summed E-state index contributed by atoms with van der Waals surface area (Å²) < 4.78 is 12.7. The quantitative estimate of drug-likeness (QED) is 0.305. The SMILES string of the molecule is CCOc1cc(CNc2ccc(Cl)c(Cl)c2)c(Br)cc1OCc1c(Cl)cccc1Cl. The normalized spacial score (nSPS) is 10.7. The van der Waals surface area contributed by atoms with Crippen LogP contribution in [0, 0.1) is 0 Å². The molecule has 0 saturated carbocycles.